The summed E-state index contributed by atoms with van der Waals surface area (Å²) in [6, 6.07) is 5.04. The molecular weight excluding hydrogens is 350 g/mol. The molecule has 0 bridgehead atoms. The van der Waals surface area contributed by atoms with Gasteiger partial charge in [-0.05, 0) is 25.0 Å². The highest BCUT2D eigenvalue weighted by Crippen LogP contribution is 2.29. The number of hydrogen-bond donors (Lipinski definition) is 3. The zero-order valence-electron chi connectivity index (χ0n) is 14.9. The maximum atomic E-state index is 12.1. The summed E-state index contributed by atoms with van der Waals surface area (Å²) >= 11 is 0. The third kappa shape index (κ3) is 4.22. The largest absolute Gasteiger partial charge is 0.469 e. The third-order valence-electron chi connectivity index (χ3n) is 4.38. The molecule has 0 aliphatic carbocycles. The predicted molar refractivity (Wildman–Crippen MR) is 98.7 cm³/mol. The normalized spacial score (nSPS) is 14.5. The summed E-state index contributed by atoms with van der Waals surface area (Å²) in [6.45, 7) is 1.25. The van der Waals surface area contributed by atoms with E-state index in [1.165, 1.54) is 19.6 Å². The van der Waals surface area contributed by atoms with E-state index in [4.69, 9.17) is 10.5 Å². The molecule has 0 spiro atoms. The van der Waals surface area contributed by atoms with Gasteiger partial charge in [0.15, 0.2) is 11.6 Å². The van der Waals surface area contributed by atoms with Crippen LogP contribution in [0.4, 0.5) is 17.3 Å². The fraction of sp³-hybridized carbons (Fsp3) is 0.353. The maximum Gasteiger partial charge on any atom is 0.308 e. The van der Waals surface area contributed by atoms with Crippen LogP contribution in [0.25, 0.3) is 0 Å². The van der Waals surface area contributed by atoms with Crippen LogP contribution >= 0.6 is 0 Å². The molecule has 142 valence electrons. The van der Waals surface area contributed by atoms with Gasteiger partial charge in [0, 0.05) is 19.3 Å². The Morgan fingerprint density at radius 3 is 2.67 bits per heavy atom. The molecule has 27 heavy (non-hydrogen) atoms. The van der Waals surface area contributed by atoms with Crippen molar-refractivity contribution in [3.63, 3.8) is 0 Å². The van der Waals surface area contributed by atoms with E-state index in [1.807, 2.05) is 4.90 Å². The van der Waals surface area contributed by atoms with Crippen LogP contribution in [0.5, 0.6) is 0 Å². The first-order chi connectivity index (χ1) is 13.1. The summed E-state index contributed by atoms with van der Waals surface area (Å²) < 4.78 is 4.80. The lowest BCUT2D eigenvalue weighted by molar-refractivity contribution is -0.146. The first kappa shape index (κ1) is 18.4. The van der Waals surface area contributed by atoms with Crippen molar-refractivity contribution < 1.29 is 14.3 Å². The first-order valence-electron chi connectivity index (χ1n) is 8.50. The number of amides is 1. The number of nitrogens with zero attached hydrogens (tertiary/aromatic N) is 4. The number of piperidine rings is 1. The van der Waals surface area contributed by atoms with Gasteiger partial charge in [-0.25, -0.2) is 9.97 Å². The van der Waals surface area contributed by atoms with E-state index in [9.17, 15) is 9.59 Å². The number of pyridine rings is 1. The summed E-state index contributed by atoms with van der Waals surface area (Å²) in [5, 5.41) is 0. The van der Waals surface area contributed by atoms with Gasteiger partial charge in [0.1, 0.15) is 17.7 Å². The van der Waals surface area contributed by atoms with Gasteiger partial charge < -0.3 is 15.4 Å². The fourth-order valence-corrected chi connectivity index (χ4v) is 2.91. The molecule has 2 aromatic heterocycles. The second-order valence-electron chi connectivity index (χ2n) is 6.04. The molecule has 10 heteroatoms. The van der Waals surface area contributed by atoms with Crippen LogP contribution in [0.2, 0.25) is 0 Å². The smallest absolute Gasteiger partial charge is 0.308 e. The number of methoxy groups -OCH3 is 1. The number of carbonyl (C=O) groups excluding carboxylic acids is 2. The SMILES string of the molecule is COC(=O)C1CCN(c2ncnc(NNC(=O)c3ccccn3)c2N)CC1. The van der Waals surface area contributed by atoms with Crippen LogP contribution in [0.1, 0.15) is 23.3 Å². The van der Waals surface area contributed by atoms with Crippen LogP contribution in [0.15, 0.2) is 30.7 Å². The van der Waals surface area contributed by atoms with E-state index in [0.29, 0.717) is 43.3 Å². The molecule has 4 N–H and O–H groups in total. The lowest BCUT2D eigenvalue weighted by Gasteiger charge is -2.32. The number of hydrogen-bond acceptors (Lipinski definition) is 9. The van der Waals surface area contributed by atoms with Crippen molar-refractivity contribution in [1.29, 1.82) is 0 Å². The molecule has 1 amide bonds. The monoisotopic (exact) mass is 371 g/mol. The maximum absolute atomic E-state index is 12.1. The Labute approximate surface area is 156 Å². The average Bonchev–Trinajstić information content (AvgIpc) is 2.73. The number of anilines is 3. The minimum atomic E-state index is -0.408. The lowest BCUT2D eigenvalue weighted by atomic mass is 9.97. The number of rotatable bonds is 5. The van der Waals surface area contributed by atoms with Crippen LogP contribution in [-0.2, 0) is 9.53 Å². The molecule has 0 radical (unpaired) electrons. The van der Waals surface area contributed by atoms with Gasteiger partial charge in [-0.3, -0.25) is 25.4 Å². The summed E-state index contributed by atoms with van der Waals surface area (Å²) in [5.41, 5.74) is 12.0. The topological polar surface area (TPSA) is 135 Å². The highest BCUT2D eigenvalue weighted by Gasteiger charge is 2.27. The number of nitrogens with two attached hydrogens (primary N) is 1. The molecule has 0 saturated carbocycles. The number of ether oxygens (including phenoxy) is 1. The fourth-order valence-electron chi connectivity index (χ4n) is 2.91. The molecule has 0 unspecified atom stereocenters. The van der Waals surface area contributed by atoms with E-state index >= 15 is 0 Å². The van der Waals surface area contributed by atoms with Crippen LogP contribution in [0, 0.1) is 5.92 Å². The summed E-state index contributed by atoms with van der Waals surface area (Å²) in [5.74, 6) is 0.144. The second kappa shape index (κ2) is 8.30. The highest BCUT2D eigenvalue weighted by atomic mass is 16.5. The van der Waals surface area contributed by atoms with E-state index in [-0.39, 0.29) is 17.6 Å². The van der Waals surface area contributed by atoms with Gasteiger partial charge in [0.2, 0.25) is 0 Å². The van der Waals surface area contributed by atoms with Crippen molar-refractivity contribution >= 4 is 29.2 Å². The molecule has 1 saturated heterocycles. The Kier molecular flexibility index (Phi) is 5.64. The Balaban J connectivity index is 1.64. The third-order valence-corrected chi connectivity index (χ3v) is 4.38. The quantitative estimate of drug-likeness (QED) is 0.510. The molecule has 2 aromatic rings. The molecule has 10 nitrogen and oxygen atoms in total. The van der Waals surface area contributed by atoms with Crippen molar-refractivity contribution in [1.82, 2.24) is 20.4 Å². The van der Waals surface area contributed by atoms with Gasteiger partial charge in [-0.2, -0.15) is 0 Å². The Morgan fingerprint density at radius 1 is 1.22 bits per heavy atom. The Morgan fingerprint density at radius 2 is 2.00 bits per heavy atom. The number of aromatic nitrogens is 3. The van der Waals surface area contributed by atoms with Crippen LogP contribution < -0.4 is 21.5 Å². The minimum absolute atomic E-state index is 0.107. The van der Waals surface area contributed by atoms with Crippen molar-refractivity contribution in [2.45, 2.75) is 12.8 Å². The predicted octanol–water partition coefficient (Wildman–Crippen LogP) is 0.600. The van der Waals surface area contributed by atoms with Crippen molar-refractivity contribution in [3.05, 3.63) is 36.4 Å². The molecule has 1 aliphatic rings. The summed E-state index contributed by atoms with van der Waals surface area (Å²) in [7, 11) is 1.40. The molecular formula is C17H21N7O3. The number of hydrazine groups is 1. The van der Waals surface area contributed by atoms with Gasteiger partial charge >= 0.3 is 5.97 Å². The second-order valence-corrected chi connectivity index (χ2v) is 6.04. The van der Waals surface area contributed by atoms with E-state index in [2.05, 4.69) is 25.8 Å². The molecule has 3 rings (SSSR count). The first-order valence-corrected chi connectivity index (χ1v) is 8.50. The molecule has 1 fully saturated rings. The Bertz CT molecular complexity index is 807. The molecule has 0 atom stereocenters. The van der Waals surface area contributed by atoms with E-state index in [1.54, 1.807) is 18.2 Å². The van der Waals surface area contributed by atoms with Crippen molar-refractivity contribution in [2.75, 3.05) is 36.3 Å². The standard InChI is InChI=1S/C17H21N7O3/c1-27-17(26)11-5-8-24(9-6-11)15-13(18)14(20-10-21-15)22-23-16(25)12-4-2-3-7-19-12/h2-4,7,10-11H,5-6,8-9,18H2,1H3,(H,23,25)(H,20,21,22). The zero-order chi connectivity index (χ0) is 19.2. The van der Waals surface area contributed by atoms with Gasteiger partial charge in [-0.1, -0.05) is 6.07 Å². The number of carbonyl (C=O) groups is 2. The average molecular weight is 371 g/mol. The number of esters is 1. The van der Waals surface area contributed by atoms with Crippen LogP contribution in [0.3, 0.4) is 0 Å². The number of nitrogens with one attached hydrogen (secondary N) is 2. The minimum Gasteiger partial charge on any atom is -0.469 e. The number of nitrogen functional groups attached to an aromatic ring is 1. The van der Waals surface area contributed by atoms with E-state index in [0.717, 1.165) is 0 Å². The van der Waals surface area contributed by atoms with Gasteiger partial charge in [0.25, 0.3) is 5.91 Å². The highest BCUT2D eigenvalue weighted by molar-refractivity contribution is 5.93. The van der Waals surface area contributed by atoms with Gasteiger partial charge in [-0.15, -0.1) is 0 Å². The zero-order valence-corrected chi connectivity index (χ0v) is 14.9. The molecule has 0 aromatic carbocycles. The molecule has 3 heterocycles. The lowest BCUT2D eigenvalue weighted by Crippen LogP contribution is -2.38. The van der Waals surface area contributed by atoms with Crippen molar-refractivity contribution in [3.8, 4) is 0 Å². The van der Waals surface area contributed by atoms with Crippen LogP contribution in [-0.4, -0.2) is 47.0 Å². The van der Waals surface area contributed by atoms with E-state index < -0.39 is 5.91 Å². The Hall–Kier alpha value is -3.43. The summed E-state index contributed by atoms with van der Waals surface area (Å²) in [6.07, 6.45) is 4.22. The summed E-state index contributed by atoms with van der Waals surface area (Å²) in [4.78, 5) is 38.0. The van der Waals surface area contributed by atoms with Crippen molar-refractivity contribution in [2.24, 2.45) is 5.92 Å². The van der Waals surface area contributed by atoms with Gasteiger partial charge in [0.05, 0.1) is 13.0 Å². The molecule has 1 aliphatic heterocycles.